The molecule has 0 aliphatic carbocycles. The average molecular weight is 430 g/mol. The molecule has 0 atom stereocenters. The van der Waals surface area contributed by atoms with Crippen molar-refractivity contribution < 1.29 is 0 Å². The summed E-state index contributed by atoms with van der Waals surface area (Å²) >= 11 is 0. The third kappa shape index (κ3) is 4.14. The number of hydrogen-bond acceptors (Lipinski definition) is 1. The van der Waals surface area contributed by atoms with Crippen molar-refractivity contribution in [2.24, 2.45) is 0 Å². The van der Waals surface area contributed by atoms with Crippen molar-refractivity contribution in [1.82, 2.24) is 4.98 Å². The van der Waals surface area contributed by atoms with E-state index in [9.17, 15) is 0 Å². The van der Waals surface area contributed by atoms with Crippen LogP contribution in [-0.4, -0.2) is 13.1 Å². The van der Waals surface area contributed by atoms with Crippen molar-refractivity contribution in [2.45, 2.75) is 19.6 Å². The van der Waals surface area contributed by atoms with E-state index < -0.39 is 8.07 Å². The fourth-order valence-corrected chi connectivity index (χ4v) is 5.33. The Balaban J connectivity index is 1.43. The second-order valence-electron chi connectivity index (χ2n) is 9.42. The predicted molar refractivity (Wildman–Crippen MR) is 141 cm³/mol. The Morgan fingerprint density at radius 3 is 1.28 bits per heavy atom. The van der Waals surface area contributed by atoms with E-state index in [2.05, 4.69) is 110 Å². The normalized spacial score (nSPS) is 11.6. The number of nitrogens with zero attached hydrogens (tertiary/aromatic N) is 1. The highest BCUT2D eigenvalue weighted by atomic mass is 28.3. The average Bonchev–Trinajstić information content (AvgIpc) is 2.83. The highest BCUT2D eigenvalue weighted by Crippen LogP contribution is 2.30. The molecule has 1 nitrogen and oxygen atoms in total. The van der Waals surface area contributed by atoms with Crippen molar-refractivity contribution in [2.75, 3.05) is 0 Å². The SMILES string of the molecule is C[Si](C)(C)c1ccc(-c2ccc3cc(-c4ccc(-c5ccncc5)cc4)ccc3c2)cc1. The summed E-state index contributed by atoms with van der Waals surface area (Å²) in [4.78, 5) is 4.11. The Labute approximate surface area is 191 Å². The van der Waals surface area contributed by atoms with Crippen LogP contribution in [0.3, 0.4) is 0 Å². The molecule has 5 rings (SSSR count). The summed E-state index contributed by atoms with van der Waals surface area (Å²) in [6.45, 7) is 7.17. The van der Waals surface area contributed by atoms with Crippen molar-refractivity contribution in [1.29, 1.82) is 0 Å². The molecule has 0 saturated heterocycles. The van der Waals surface area contributed by atoms with Crippen LogP contribution in [0.5, 0.6) is 0 Å². The lowest BCUT2D eigenvalue weighted by Gasteiger charge is -2.17. The van der Waals surface area contributed by atoms with Crippen LogP contribution in [0.2, 0.25) is 19.6 Å². The Bertz CT molecular complexity index is 1360. The van der Waals surface area contributed by atoms with Gasteiger partial charge >= 0.3 is 0 Å². The lowest BCUT2D eigenvalue weighted by atomic mass is 9.96. The summed E-state index contributed by atoms with van der Waals surface area (Å²) in [5, 5.41) is 4.04. The number of aromatic nitrogens is 1. The summed E-state index contributed by atoms with van der Waals surface area (Å²) < 4.78 is 0. The lowest BCUT2D eigenvalue weighted by Crippen LogP contribution is -2.37. The summed E-state index contributed by atoms with van der Waals surface area (Å²) in [6.07, 6.45) is 3.67. The number of fused-ring (bicyclic) bond motifs is 1. The molecule has 0 saturated carbocycles. The second kappa shape index (κ2) is 8.21. The van der Waals surface area contributed by atoms with E-state index in [4.69, 9.17) is 0 Å². The van der Waals surface area contributed by atoms with Gasteiger partial charge in [-0.05, 0) is 68.4 Å². The van der Waals surface area contributed by atoms with Gasteiger partial charge in [-0.2, -0.15) is 0 Å². The van der Waals surface area contributed by atoms with Crippen molar-refractivity contribution in [3.05, 3.63) is 109 Å². The smallest absolute Gasteiger partial charge is 0.0775 e. The zero-order chi connectivity index (χ0) is 22.1. The van der Waals surface area contributed by atoms with Crippen LogP contribution in [0.15, 0.2) is 109 Å². The zero-order valence-corrected chi connectivity index (χ0v) is 19.8. The molecule has 2 heteroatoms. The summed E-state index contributed by atoms with van der Waals surface area (Å²) in [6, 6.07) is 35.5. The maximum atomic E-state index is 4.11. The molecule has 0 aliphatic heterocycles. The number of benzene rings is 4. The third-order valence-corrected chi connectivity index (χ3v) is 8.22. The van der Waals surface area contributed by atoms with Crippen LogP contribution < -0.4 is 5.19 Å². The number of hydrogen-bond donors (Lipinski definition) is 0. The lowest BCUT2D eigenvalue weighted by molar-refractivity contribution is 1.33. The van der Waals surface area contributed by atoms with Crippen LogP contribution in [0.25, 0.3) is 44.2 Å². The zero-order valence-electron chi connectivity index (χ0n) is 18.8. The monoisotopic (exact) mass is 429 g/mol. The van der Waals surface area contributed by atoms with Crippen LogP contribution >= 0.6 is 0 Å². The second-order valence-corrected chi connectivity index (χ2v) is 14.5. The van der Waals surface area contributed by atoms with E-state index in [-0.39, 0.29) is 0 Å². The van der Waals surface area contributed by atoms with Gasteiger partial charge in [-0.3, -0.25) is 4.98 Å². The van der Waals surface area contributed by atoms with Gasteiger partial charge in [0.05, 0.1) is 8.07 Å². The molecule has 156 valence electrons. The minimum absolute atomic E-state index is 1.19. The van der Waals surface area contributed by atoms with Gasteiger partial charge in [-0.1, -0.05) is 97.6 Å². The number of rotatable bonds is 4. The molecule has 0 bridgehead atoms. The first-order valence-corrected chi connectivity index (χ1v) is 14.6. The molecule has 5 aromatic rings. The van der Waals surface area contributed by atoms with E-state index in [1.54, 1.807) is 0 Å². The standard InChI is InChI=1S/C30H27NSi/c1-32(2,3)30-14-12-24(13-15-30)27-9-11-28-20-26(8-10-29(28)21-27)23-6-4-22(5-7-23)25-16-18-31-19-17-25/h4-21H,1-3H3. The topological polar surface area (TPSA) is 12.9 Å². The van der Waals surface area contributed by atoms with E-state index in [0.717, 1.165) is 0 Å². The van der Waals surface area contributed by atoms with E-state index >= 15 is 0 Å². The van der Waals surface area contributed by atoms with E-state index in [1.807, 2.05) is 24.5 Å². The highest BCUT2D eigenvalue weighted by Gasteiger charge is 2.15. The molecule has 32 heavy (non-hydrogen) atoms. The van der Waals surface area contributed by atoms with Gasteiger partial charge in [0, 0.05) is 12.4 Å². The molecule has 1 aromatic heterocycles. The first kappa shape index (κ1) is 20.4. The minimum atomic E-state index is -1.27. The van der Waals surface area contributed by atoms with Crippen LogP contribution in [-0.2, 0) is 0 Å². The predicted octanol–water partition coefficient (Wildman–Crippen LogP) is 7.78. The first-order chi connectivity index (χ1) is 15.5. The summed E-state index contributed by atoms with van der Waals surface area (Å²) in [7, 11) is -1.27. The van der Waals surface area contributed by atoms with Gasteiger partial charge in [0.15, 0.2) is 0 Å². The van der Waals surface area contributed by atoms with Gasteiger partial charge in [0.1, 0.15) is 0 Å². The fraction of sp³-hybridized carbons (Fsp3) is 0.100. The largest absolute Gasteiger partial charge is 0.265 e. The van der Waals surface area contributed by atoms with Crippen molar-refractivity contribution in [3.63, 3.8) is 0 Å². The molecule has 1 heterocycles. The Morgan fingerprint density at radius 1 is 0.438 bits per heavy atom. The van der Waals surface area contributed by atoms with Gasteiger partial charge in [0.2, 0.25) is 0 Å². The molecule has 0 unspecified atom stereocenters. The molecule has 0 amide bonds. The minimum Gasteiger partial charge on any atom is -0.265 e. The molecule has 0 fully saturated rings. The molecular formula is C30H27NSi. The summed E-state index contributed by atoms with van der Waals surface area (Å²) in [5.74, 6) is 0. The quantitative estimate of drug-likeness (QED) is 0.266. The Morgan fingerprint density at radius 2 is 0.812 bits per heavy atom. The fourth-order valence-electron chi connectivity index (χ4n) is 4.17. The van der Waals surface area contributed by atoms with E-state index in [0.29, 0.717) is 0 Å². The van der Waals surface area contributed by atoms with Gasteiger partial charge < -0.3 is 0 Å². The first-order valence-electron chi connectivity index (χ1n) is 11.1. The summed E-state index contributed by atoms with van der Waals surface area (Å²) in [5.41, 5.74) is 7.43. The third-order valence-electron chi connectivity index (χ3n) is 6.16. The molecule has 0 spiro atoms. The van der Waals surface area contributed by atoms with Crippen LogP contribution in [0.4, 0.5) is 0 Å². The van der Waals surface area contributed by atoms with Crippen molar-refractivity contribution >= 4 is 24.0 Å². The highest BCUT2D eigenvalue weighted by molar-refractivity contribution is 6.88. The molecule has 4 aromatic carbocycles. The van der Waals surface area contributed by atoms with E-state index in [1.165, 1.54) is 49.3 Å². The van der Waals surface area contributed by atoms with Crippen LogP contribution in [0, 0.1) is 0 Å². The van der Waals surface area contributed by atoms with Gasteiger partial charge in [-0.15, -0.1) is 0 Å². The molecule has 0 aliphatic rings. The maximum absolute atomic E-state index is 4.11. The molecular weight excluding hydrogens is 402 g/mol. The Hall–Kier alpha value is -3.49. The Kier molecular flexibility index (Phi) is 5.24. The van der Waals surface area contributed by atoms with Crippen LogP contribution in [0.1, 0.15) is 0 Å². The van der Waals surface area contributed by atoms with Gasteiger partial charge in [0.25, 0.3) is 0 Å². The van der Waals surface area contributed by atoms with Gasteiger partial charge in [-0.25, -0.2) is 0 Å². The van der Waals surface area contributed by atoms with Crippen molar-refractivity contribution in [3.8, 4) is 33.4 Å². The molecule has 0 radical (unpaired) electrons. The number of pyridine rings is 1. The maximum Gasteiger partial charge on any atom is 0.0775 e. The molecule has 0 N–H and O–H groups in total.